The van der Waals surface area contributed by atoms with Crippen molar-refractivity contribution in [3.63, 3.8) is 0 Å². The molecule has 3 rings (SSSR count). The van der Waals surface area contributed by atoms with Gasteiger partial charge < -0.3 is 9.73 Å². The Hall–Kier alpha value is -2.59. The van der Waals surface area contributed by atoms with Gasteiger partial charge in [0.2, 0.25) is 0 Å². The summed E-state index contributed by atoms with van der Waals surface area (Å²) in [6.07, 6.45) is 0. The molecule has 5 heteroatoms. The van der Waals surface area contributed by atoms with Crippen LogP contribution in [0.3, 0.4) is 0 Å². The van der Waals surface area contributed by atoms with Crippen molar-refractivity contribution in [1.29, 1.82) is 0 Å². The molecule has 3 aromatic rings. The van der Waals surface area contributed by atoms with Crippen LogP contribution in [-0.4, -0.2) is 11.7 Å². The Morgan fingerprint density at radius 3 is 2.57 bits per heavy atom. The van der Waals surface area contributed by atoms with Gasteiger partial charge in [0.15, 0.2) is 11.5 Å². The first kappa shape index (κ1) is 15.3. The maximum atomic E-state index is 12.5. The lowest BCUT2D eigenvalue weighted by Crippen LogP contribution is -2.13. The minimum Gasteiger partial charge on any atom is -0.451 e. The van der Waals surface area contributed by atoms with Crippen LogP contribution in [0.2, 0.25) is 5.02 Å². The molecule has 0 radical (unpaired) electrons. The highest BCUT2D eigenvalue weighted by molar-refractivity contribution is 6.34. The Morgan fingerprint density at radius 1 is 1.13 bits per heavy atom. The first-order chi connectivity index (χ1) is 11.0. The number of fused-ring (bicyclic) bond motifs is 1. The molecule has 2 aromatic carbocycles. The fourth-order valence-electron chi connectivity index (χ4n) is 2.41. The van der Waals surface area contributed by atoms with Crippen molar-refractivity contribution in [2.45, 2.75) is 13.8 Å². The number of furan rings is 1. The number of para-hydroxylation sites is 1. The third-order valence-corrected chi connectivity index (χ3v) is 4.00. The van der Waals surface area contributed by atoms with Gasteiger partial charge in [0, 0.05) is 16.5 Å². The molecule has 0 spiro atoms. The summed E-state index contributed by atoms with van der Waals surface area (Å²) in [5, 5.41) is 3.96. The van der Waals surface area contributed by atoms with Crippen LogP contribution in [0, 0.1) is 6.92 Å². The van der Waals surface area contributed by atoms with Crippen molar-refractivity contribution in [3.05, 3.63) is 64.4 Å². The topological polar surface area (TPSA) is 59.3 Å². The van der Waals surface area contributed by atoms with Gasteiger partial charge in [0.25, 0.3) is 5.91 Å². The van der Waals surface area contributed by atoms with Crippen molar-refractivity contribution < 1.29 is 14.0 Å². The monoisotopic (exact) mass is 327 g/mol. The van der Waals surface area contributed by atoms with Gasteiger partial charge in [-0.3, -0.25) is 9.59 Å². The van der Waals surface area contributed by atoms with E-state index in [-0.39, 0.29) is 11.5 Å². The molecule has 0 aliphatic carbocycles. The highest BCUT2D eigenvalue weighted by Crippen LogP contribution is 2.28. The van der Waals surface area contributed by atoms with Crippen molar-refractivity contribution in [2.75, 3.05) is 5.32 Å². The van der Waals surface area contributed by atoms with Crippen molar-refractivity contribution in [3.8, 4) is 0 Å². The number of halogens is 1. The lowest BCUT2D eigenvalue weighted by atomic mass is 10.1. The van der Waals surface area contributed by atoms with E-state index in [2.05, 4.69) is 5.32 Å². The number of anilines is 1. The zero-order valence-electron chi connectivity index (χ0n) is 12.6. The summed E-state index contributed by atoms with van der Waals surface area (Å²) in [4.78, 5) is 24.0. The average Bonchev–Trinajstić information content (AvgIpc) is 2.87. The minimum absolute atomic E-state index is 0.0999. The second kappa shape index (κ2) is 5.89. The molecular weight excluding hydrogens is 314 g/mol. The van der Waals surface area contributed by atoms with E-state index < -0.39 is 5.91 Å². The predicted molar refractivity (Wildman–Crippen MR) is 90.4 cm³/mol. The number of benzene rings is 2. The quantitative estimate of drug-likeness (QED) is 0.699. The number of nitrogens with one attached hydrogen (secondary N) is 1. The van der Waals surface area contributed by atoms with E-state index >= 15 is 0 Å². The van der Waals surface area contributed by atoms with Gasteiger partial charge in [-0.05, 0) is 38.1 Å². The fourth-order valence-corrected chi connectivity index (χ4v) is 2.57. The maximum absolute atomic E-state index is 12.5. The summed E-state index contributed by atoms with van der Waals surface area (Å²) in [5.74, 6) is -0.270. The SMILES string of the molecule is CC(=O)c1ccc(Cl)c(NC(=O)c2oc3ccccc3c2C)c1. The molecule has 116 valence electrons. The van der Waals surface area contributed by atoms with Crippen molar-refractivity contribution in [1.82, 2.24) is 0 Å². The van der Waals surface area contributed by atoms with E-state index in [1.165, 1.54) is 6.92 Å². The molecule has 0 aliphatic rings. The number of aryl methyl sites for hydroxylation is 1. The van der Waals surface area contributed by atoms with E-state index in [0.717, 1.165) is 10.9 Å². The second-order valence-electron chi connectivity index (χ2n) is 5.26. The number of amides is 1. The van der Waals surface area contributed by atoms with Crippen LogP contribution >= 0.6 is 11.6 Å². The summed E-state index contributed by atoms with van der Waals surface area (Å²) in [5.41, 5.74) is 2.27. The molecule has 0 bridgehead atoms. The molecule has 0 saturated carbocycles. The van der Waals surface area contributed by atoms with E-state index in [9.17, 15) is 9.59 Å². The minimum atomic E-state index is -0.402. The fraction of sp³-hybridized carbons (Fsp3) is 0.111. The Balaban J connectivity index is 1.96. The number of hydrogen-bond donors (Lipinski definition) is 1. The van der Waals surface area contributed by atoms with Crippen molar-refractivity contribution >= 4 is 39.9 Å². The van der Waals surface area contributed by atoms with E-state index in [1.54, 1.807) is 18.2 Å². The Bertz CT molecular complexity index is 927. The first-order valence-electron chi connectivity index (χ1n) is 7.07. The number of ketones is 1. The first-order valence-corrected chi connectivity index (χ1v) is 7.45. The van der Waals surface area contributed by atoms with E-state index in [1.807, 2.05) is 31.2 Å². The summed E-state index contributed by atoms with van der Waals surface area (Å²) in [6, 6.07) is 12.2. The van der Waals surface area contributed by atoms with Crippen LogP contribution in [0.15, 0.2) is 46.9 Å². The molecule has 1 aromatic heterocycles. The Morgan fingerprint density at radius 2 is 1.87 bits per heavy atom. The molecule has 1 amide bonds. The summed E-state index contributed by atoms with van der Waals surface area (Å²) in [6.45, 7) is 3.28. The van der Waals surface area contributed by atoms with Crippen LogP contribution < -0.4 is 5.32 Å². The molecule has 23 heavy (non-hydrogen) atoms. The number of carbonyl (C=O) groups excluding carboxylic acids is 2. The molecule has 0 saturated heterocycles. The molecule has 4 nitrogen and oxygen atoms in total. The van der Waals surface area contributed by atoms with Gasteiger partial charge in [-0.2, -0.15) is 0 Å². The van der Waals surface area contributed by atoms with Gasteiger partial charge >= 0.3 is 0 Å². The maximum Gasteiger partial charge on any atom is 0.291 e. The highest BCUT2D eigenvalue weighted by atomic mass is 35.5. The standard InChI is InChI=1S/C18H14ClNO3/c1-10-13-5-3-4-6-16(13)23-17(10)18(22)20-15-9-12(11(2)21)7-8-14(15)19/h3-9H,1-2H3,(H,20,22). The Kier molecular flexibility index (Phi) is 3.92. The van der Waals surface area contributed by atoms with E-state index in [4.69, 9.17) is 16.0 Å². The van der Waals surface area contributed by atoms with E-state index in [0.29, 0.717) is 21.9 Å². The molecule has 0 atom stereocenters. The molecule has 0 fully saturated rings. The second-order valence-corrected chi connectivity index (χ2v) is 5.66. The molecule has 1 heterocycles. The van der Waals surface area contributed by atoms with Crippen LogP contribution in [0.1, 0.15) is 33.4 Å². The highest BCUT2D eigenvalue weighted by Gasteiger charge is 2.18. The molecular formula is C18H14ClNO3. The lowest BCUT2D eigenvalue weighted by Gasteiger charge is -2.07. The van der Waals surface area contributed by atoms with Crippen LogP contribution in [0.5, 0.6) is 0 Å². The number of hydrogen-bond acceptors (Lipinski definition) is 3. The van der Waals surface area contributed by atoms with Gasteiger partial charge in [0.05, 0.1) is 10.7 Å². The van der Waals surface area contributed by atoms with Gasteiger partial charge in [-0.1, -0.05) is 29.8 Å². The van der Waals surface area contributed by atoms with Gasteiger partial charge in [-0.15, -0.1) is 0 Å². The molecule has 1 N–H and O–H groups in total. The van der Waals surface area contributed by atoms with Gasteiger partial charge in [0.1, 0.15) is 5.58 Å². The predicted octanol–water partition coefficient (Wildman–Crippen LogP) is 4.85. The largest absolute Gasteiger partial charge is 0.451 e. The van der Waals surface area contributed by atoms with Gasteiger partial charge in [-0.25, -0.2) is 0 Å². The summed E-state index contributed by atoms with van der Waals surface area (Å²) < 4.78 is 5.63. The lowest BCUT2D eigenvalue weighted by molar-refractivity contribution is 0.0993. The molecule has 0 unspecified atom stereocenters. The number of Topliss-reactive ketones (excluding diaryl/α,β-unsaturated/α-hetero) is 1. The third kappa shape index (κ3) is 2.85. The van der Waals surface area contributed by atoms with Crippen LogP contribution in [-0.2, 0) is 0 Å². The van der Waals surface area contributed by atoms with Crippen LogP contribution in [0.25, 0.3) is 11.0 Å². The zero-order chi connectivity index (χ0) is 16.6. The average molecular weight is 328 g/mol. The summed E-state index contributed by atoms with van der Waals surface area (Å²) in [7, 11) is 0. The normalized spacial score (nSPS) is 10.7. The Labute approximate surface area is 138 Å². The van der Waals surface area contributed by atoms with Crippen molar-refractivity contribution in [2.24, 2.45) is 0 Å². The number of rotatable bonds is 3. The smallest absolute Gasteiger partial charge is 0.291 e. The third-order valence-electron chi connectivity index (χ3n) is 3.67. The summed E-state index contributed by atoms with van der Waals surface area (Å²) >= 11 is 6.09. The zero-order valence-corrected chi connectivity index (χ0v) is 13.4. The number of carbonyl (C=O) groups is 2. The molecule has 0 aliphatic heterocycles. The van der Waals surface area contributed by atoms with Crippen LogP contribution in [0.4, 0.5) is 5.69 Å².